The zero-order valence-electron chi connectivity index (χ0n) is 8.40. The first-order valence-electron chi connectivity index (χ1n) is 4.55. The van der Waals surface area contributed by atoms with Crippen LogP contribution in [0.25, 0.3) is 11.3 Å². The van der Waals surface area contributed by atoms with E-state index in [1.165, 1.54) is 0 Å². The summed E-state index contributed by atoms with van der Waals surface area (Å²) in [6, 6.07) is 6.95. The van der Waals surface area contributed by atoms with Crippen molar-refractivity contribution in [3.05, 3.63) is 40.6 Å². The number of aromatic nitrogens is 1. The molecule has 2 rings (SSSR count). The van der Waals surface area contributed by atoms with Gasteiger partial charge < -0.3 is 9.63 Å². The molecule has 0 spiro atoms. The van der Waals surface area contributed by atoms with Gasteiger partial charge in [-0.15, -0.1) is 0 Å². The van der Waals surface area contributed by atoms with Gasteiger partial charge in [0.25, 0.3) is 0 Å². The topological polar surface area (TPSA) is 63.3 Å². The van der Waals surface area contributed by atoms with Gasteiger partial charge in [-0.2, -0.15) is 0 Å². The molecule has 4 nitrogen and oxygen atoms in total. The average molecular weight is 238 g/mol. The summed E-state index contributed by atoms with van der Waals surface area (Å²) in [6.07, 6.45) is 0. The minimum atomic E-state index is -1.12. The van der Waals surface area contributed by atoms with Gasteiger partial charge in [-0.05, 0) is 19.1 Å². The predicted octanol–water partition coefficient (Wildman–Crippen LogP) is 3.00. The Morgan fingerprint density at radius 1 is 1.38 bits per heavy atom. The molecule has 0 aliphatic rings. The highest BCUT2D eigenvalue weighted by Crippen LogP contribution is 2.25. The van der Waals surface area contributed by atoms with Gasteiger partial charge in [0.1, 0.15) is 5.69 Å². The number of halogens is 1. The number of carboxylic acid groups (broad SMARTS) is 1. The highest BCUT2D eigenvalue weighted by molar-refractivity contribution is 6.30. The van der Waals surface area contributed by atoms with Crippen molar-refractivity contribution in [3.8, 4) is 11.3 Å². The molecule has 1 N–H and O–H groups in total. The summed E-state index contributed by atoms with van der Waals surface area (Å²) in [4.78, 5) is 10.8. The van der Waals surface area contributed by atoms with Gasteiger partial charge in [-0.25, -0.2) is 4.79 Å². The zero-order valence-corrected chi connectivity index (χ0v) is 9.15. The van der Waals surface area contributed by atoms with E-state index in [0.29, 0.717) is 16.3 Å². The Morgan fingerprint density at radius 2 is 2.00 bits per heavy atom. The van der Waals surface area contributed by atoms with Crippen LogP contribution in [0.5, 0.6) is 0 Å². The molecule has 5 heteroatoms. The lowest BCUT2D eigenvalue weighted by molar-refractivity contribution is 0.0651. The summed E-state index contributed by atoms with van der Waals surface area (Å²) < 4.78 is 4.76. The van der Waals surface area contributed by atoms with Crippen molar-refractivity contribution in [1.29, 1.82) is 0 Å². The Morgan fingerprint density at radius 3 is 2.50 bits per heavy atom. The van der Waals surface area contributed by atoms with Crippen molar-refractivity contribution >= 4 is 17.6 Å². The molecule has 0 saturated carbocycles. The predicted molar refractivity (Wildman–Crippen MR) is 58.6 cm³/mol. The van der Waals surface area contributed by atoms with Gasteiger partial charge >= 0.3 is 5.97 Å². The van der Waals surface area contributed by atoms with Gasteiger partial charge in [0.05, 0.1) is 0 Å². The van der Waals surface area contributed by atoms with E-state index < -0.39 is 5.97 Å². The van der Waals surface area contributed by atoms with E-state index in [-0.39, 0.29) is 5.76 Å². The van der Waals surface area contributed by atoms with Crippen LogP contribution in [0.4, 0.5) is 0 Å². The van der Waals surface area contributed by atoms with Gasteiger partial charge in [-0.3, -0.25) is 0 Å². The number of carbonyl (C=O) groups is 1. The fourth-order valence-electron chi connectivity index (χ4n) is 1.41. The van der Waals surface area contributed by atoms with Crippen LogP contribution in [0.15, 0.2) is 28.8 Å². The summed E-state index contributed by atoms with van der Waals surface area (Å²) in [5.41, 5.74) is 1.81. The van der Waals surface area contributed by atoms with Crippen LogP contribution in [0.1, 0.15) is 16.1 Å². The van der Waals surface area contributed by atoms with E-state index in [2.05, 4.69) is 5.16 Å². The van der Waals surface area contributed by atoms with Gasteiger partial charge in [0.2, 0.25) is 5.76 Å². The number of hydrogen-bond acceptors (Lipinski definition) is 3. The SMILES string of the molecule is Cc1c(-c2ccc(Cl)cc2)noc1C(=O)O. The van der Waals surface area contributed by atoms with Crippen LogP contribution < -0.4 is 0 Å². The molecule has 0 unspecified atom stereocenters. The molecule has 0 bridgehead atoms. The fraction of sp³-hybridized carbons (Fsp3) is 0.0909. The molecule has 1 aromatic heterocycles. The quantitative estimate of drug-likeness (QED) is 0.872. The van der Waals surface area contributed by atoms with Crippen LogP contribution in [0.2, 0.25) is 5.02 Å². The van der Waals surface area contributed by atoms with E-state index in [9.17, 15) is 4.79 Å². The average Bonchev–Trinajstić information content (AvgIpc) is 2.61. The molecule has 0 aliphatic carbocycles. The maximum atomic E-state index is 10.8. The highest BCUT2D eigenvalue weighted by atomic mass is 35.5. The smallest absolute Gasteiger partial charge is 0.375 e. The highest BCUT2D eigenvalue weighted by Gasteiger charge is 2.18. The van der Waals surface area contributed by atoms with E-state index >= 15 is 0 Å². The van der Waals surface area contributed by atoms with Gasteiger partial charge in [-0.1, -0.05) is 28.9 Å². The molecule has 16 heavy (non-hydrogen) atoms. The Kier molecular flexibility index (Phi) is 2.66. The third kappa shape index (κ3) is 1.79. The van der Waals surface area contributed by atoms with Crippen molar-refractivity contribution in [2.45, 2.75) is 6.92 Å². The second-order valence-corrected chi connectivity index (χ2v) is 3.73. The molecule has 1 heterocycles. The van der Waals surface area contributed by atoms with Crippen LogP contribution >= 0.6 is 11.6 Å². The minimum absolute atomic E-state index is 0.134. The summed E-state index contributed by atoms with van der Waals surface area (Å²) in [5, 5.41) is 13.2. The molecule has 0 aliphatic heterocycles. The van der Waals surface area contributed by atoms with E-state index in [1.54, 1.807) is 31.2 Å². The van der Waals surface area contributed by atoms with Crippen LogP contribution in [0, 0.1) is 6.92 Å². The van der Waals surface area contributed by atoms with Gasteiger partial charge in [0.15, 0.2) is 0 Å². The zero-order chi connectivity index (χ0) is 11.7. The maximum Gasteiger partial charge on any atom is 0.375 e. The standard InChI is InChI=1S/C11H8ClNO3/c1-6-9(13-16-10(6)11(14)15)7-2-4-8(12)5-3-7/h2-5H,1H3,(H,14,15). The molecule has 2 aromatic rings. The molecule has 0 amide bonds. The van der Waals surface area contributed by atoms with Crippen molar-refractivity contribution < 1.29 is 14.4 Å². The number of benzene rings is 1. The monoisotopic (exact) mass is 237 g/mol. The molecule has 0 saturated heterocycles. The maximum absolute atomic E-state index is 10.8. The number of carboxylic acids is 1. The molecular weight excluding hydrogens is 230 g/mol. The Labute approximate surface area is 96.4 Å². The number of rotatable bonds is 2. The molecule has 1 aromatic carbocycles. The number of aromatic carboxylic acids is 1. The molecule has 0 radical (unpaired) electrons. The summed E-state index contributed by atoms with van der Waals surface area (Å²) in [6.45, 7) is 1.66. The number of nitrogens with zero attached hydrogens (tertiary/aromatic N) is 1. The number of hydrogen-bond donors (Lipinski definition) is 1. The van der Waals surface area contributed by atoms with Crippen molar-refractivity contribution in [1.82, 2.24) is 5.16 Å². The summed E-state index contributed by atoms with van der Waals surface area (Å²) in [5.74, 6) is -1.25. The Bertz CT molecular complexity index is 531. The second-order valence-electron chi connectivity index (χ2n) is 3.30. The van der Waals surface area contributed by atoms with Crippen LogP contribution in [0.3, 0.4) is 0 Å². The summed E-state index contributed by atoms with van der Waals surface area (Å²) in [7, 11) is 0. The third-order valence-corrected chi connectivity index (χ3v) is 2.49. The van der Waals surface area contributed by atoms with Crippen molar-refractivity contribution in [2.24, 2.45) is 0 Å². The first-order valence-corrected chi connectivity index (χ1v) is 4.93. The van der Waals surface area contributed by atoms with Crippen molar-refractivity contribution in [3.63, 3.8) is 0 Å². The lowest BCUT2D eigenvalue weighted by atomic mass is 10.1. The first-order chi connectivity index (χ1) is 7.59. The lowest BCUT2D eigenvalue weighted by Gasteiger charge is -1.97. The molecule has 0 fully saturated rings. The third-order valence-electron chi connectivity index (χ3n) is 2.24. The largest absolute Gasteiger partial charge is 0.475 e. The lowest BCUT2D eigenvalue weighted by Crippen LogP contribution is -1.95. The van der Waals surface area contributed by atoms with E-state index in [0.717, 1.165) is 5.56 Å². The molecular formula is C11H8ClNO3. The van der Waals surface area contributed by atoms with E-state index in [1.807, 2.05) is 0 Å². The fourth-order valence-corrected chi connectivity index (χ4v) is 1.54. The summed E-state index contributed by atoms with van der Waals surface area (Å²) >= 11 is 5.76. The minimum Gasteiger partial charge on any atom is -0.475 e. The van der Waals surface area contributed by atoms with Crippen LogP contribution in [-0.2, 0) is 0 Å². The van der Waals surface area contributed by atoms with Crippen LogP contribution in [-0.4, -0.2) is 16.2 Å². The normalized spacial score (nSPS) is 10.4. The molecule has 0 atom stereocenters. The second kappa shape index (κ2) is 3.98. The molecule has 82 valence electrons. The van der Waals surface area contributed by atoms with Gasteiger partial charge in [0, 0.05) is 16.1 Å². The first kappa shape index (κ1) is 10.7. The van der Waals surface area contributed by atoms with Crippen molar-refractivity contribution in [2.75, 3.05) is 0 Å². The van der Waals surface area contributed by atoms with E-state index in [4.69, 9.17) is 21.2 Å². The Hall–Kier alpha value is -1.81. The Balaban J connectivity index is 2.49.